The maximum Gasteiger partial charge on any atom is 0.107 e. The average Bonchev–Trinajstić information content (AvgIpc) is 2.42. The predicted molar refractivity (Wildman–Crippen MR) is 30.6 cm³/mol. The van der Waals surface area contributed by atoms with Crippen LogP contribution in [0, 0.1) is 5.92 Å². The number of aliphatic hydroxyl groups is 1. The molecule has 1 fully saturated rings. The van der Waals surface area contributed by atoms with Gasteiger partial charge < -0.3 is 9.84 Å². The Kier molecular flexibility index (Phi) is 1.54. The first-order chi connectivity index (χ1) is 3.75. The Hall–Kier alpha value is -0.0800. The zero-order valence-electron chi connectivity index (χ0n) is 5.29. The van der Waals surface area contributed by atoms with Crippen LogP contribution in [0.5, 0.6) is 0 Å². The van der Waals surface area contributed by atoms with Gasteiger partial charge in [-0.15, -0.1) is 0 Å². The lowest BCUT2D eigenvalue weighted by atomic mass is 10.1. The van der Waals surface area contributed by atoms with Crippen LogP contribution in [0.1, 0.15) is 13.8 Å². The van der Waals surface area contributed by atoms with Gasteiger partial charge in [0.05, 0.1) is 12.7 Å². The molecule has 1 saturated heterocycles. The van der Waals surface area contributed by atoms with Crippen LogP contribution in [0.15, 0.2) is 0 Å². The van der Waals surface area contributed by atoms with E-state index in [-0.39, 0.29) is 12.7 Å². The molecule has 0 saturated carbocycles. The Morgan fingerprint density at radius 3 is 2.38 bits per heavy atom. The predicted octanol–water partition coefficient (Wildman–Crippen LogP) is 0.402. The molecule has 0 spiro atoms. The highest BCUT2D eigenvalue weighted by Crippen LogP contribution is 2.27. The highest BCUT2D eigenvalue weighted by molar-refractivity contribution is 4.85. The summed E-state index contributed by atoms with van der Waals surface area (Å²) >= 11 is 0. The Morgan fingerprint density at radius 2 is 2.25 bits per heavy atom. The summed E-state index contributed by atoms with van der Waals surface area (Å²) < 4.78 is 5.08. The van der Waals surface area contributed by atoms with E-state index in [0.717, 1.165) is 0 Å². The van der Waals surface area contributed by atoms with Crippen LogP contribution < -0.4 is 0 Å². The van der Waals surface area contributed by atoms with Gasteiger partial charge in [0.25, 0.3) is 0 Å². The molecule has 0 aromatic heterocycles. The van der Waals surface area contributed by atoms with Crippen molar-refractivity contribution in [2.45, 2.75) is 26.1 Å². The summed E-state index contributed by atoms with van der Waals surface area (Å²) in [5.41, 5.74) is 0. The highest BCUT2D eigenvalue weighted by Gasteiger charge is 2.40. The molecule has 1 rings (SSSR count). The van der Waals surface area contributed by atoms with Gasteiger partial charge in [0.1, 0.15) is 6.10 Å². The summed E-state index contributed by atoms with van der Waals surface area (Å²) in [6.07, 6.45) is 0.481. The molecule has 0 radical (unpaired) electrons. The van der Waals surface area contributed by atoms with Gasteiger partial charge in [0.15, 0.2) is 0 Å². The van der Waals surface area contributed by atoms with Crippen LogP contribution in [0.4, 0.5) is 0 Å². The Labute approximate surface area is 49.5 Å². The molecule has 2 nitrogen and oxygen atoms in total. The van der Waals surface area contributed by atoms with E-state index in [1.165, 1.54) is 0 Å². The molecular weight excluding hydrogens is 104 g/mol. The van der Waals surface area contributed by atoms with Crippen molar-refractivity contribution in [3.63, 3.8) is 0 Å². The van der Waals surface area contributed by atoms with Gasteiger partial charge in [-0.2, -0.15) is 0 Å². The van der Waals surface area contributed by atoms with E-state index in [0.29, 0.717) is 12.0 Å². The minimum atomic E-state index is 0.148. The van der Waals surface area contributed by atoms with Crippen LogP contribution in [0.25, 0.3) is 0 Å². The number of rotatable bonds is 2. The van der Waals surface area contributed by atoms with Gasteiger partial charge in [0, 0.05) is 0 Å². The largest absolute Gasteiger partial charge is 0.394 e. The summed E-state index contributed by atoms with van der Waals surface area (Å²) in [5, 5.41) is 8.50. The van der Waals surface area contributed by atoms with Crippen molar-refractivity contribution in [2.24, 2.45) is 5.92 Å². The maximum atomic E-state index is 8.50. The van der Waals surface area contributed by atoms with E-state index >= 15 is 0 Å². The van der Waals surface area contributed by atoms with Gasteiger partial charge in [-0.25, -0.2) is 0 Å². The second-order valence-corrected chi connectivity index (χ2v) is 2.57. The molecule has 8 heavy (non-hydrogen) atoms. The molecule has 1 N–H and O–H groups in total. The fraction of sp³-hybridized carbons (Fsp3) is 1.00. The van der Waals surface area contributed by atoms with Crippen molar-refractivity contribution in [3.8, 4) is 0 Å². The summed E-state index contributed by atoms with van der Waals surface area (Å²) in [6.45, 7) is 4.38. The lowest BCUT2D eigenvalue weighted by Crippen LogP contribution is -2.04. The molecule has 0 aliphatic carbocycles. The summed E-state index contributed by atoms with van der Waals surface area (Å²) in [5.74, 6) is 0.562. The molecule has 0 aromatic rings. The smallest absolute Gasteiger partial charge is 0.107 e. The van der Waals surface area contributed by atoms with E-state index in [4.69, 9.17) is 9.84 Å². The Bertz CT molecular complexity index is 80.6. The maximum absolute atomic E-state index is 8.50. The minimum absolute atomic E-state index is 0.148. The average molecular weight is 116 g/mol. The fourth-order valence-corrected chi connectivity index (χ4v) is 0.890. The van der Waals surface area contributed by atoms with Crippen molar-refractivity contribution in [1.82, 2.24) is 0 Å². The zero-order chi connectivity index (χ0) is 6.15. The molecule has 2 atom stereocenters. The van der Waals surface area contributed by atoms with Gasteiger partial charge in [-0.1, -0.05) is 13.8 Å². The first-order valence-electron chi connectivity index (χ1n) is 3.02. The number of epoxide rings is 1. The third kappa shape index (κ3) is 1.01. The van der Waals surface area contributed by atoms with E-state index in [1.807, 2.05) is 0 Å². The van der Waals surface area contributed by atoms with E-state index in [1.54, 1.807) is 0 Å². The van der Waals surface area contributed by atoms with Crippen LogP contribution in [0.3, 0.4) is 0 Å². The molecule has 0 aromatic carbocycles. The number of ether oxygens (including phenoxy) is 1. The third-order valence-electron chi connectivity index (χ3n) is 1.46. The van der Waals surface area contributed by atoms with Crippen molar-refractivity contribution in [3.05, 3.63) is 0 Å². The van der Waals surface area contributed by atoms with Crippen LogP contribution in [0.2, 0.25) is 0 Å². The van der Waals surface area contributed by atoms with Gasteiger partial charge in [-0.3, -0.25) is 0 Å². The molecule has 0 unspecified atom stereocenters. The number of hydrogen-bond donors (Lipinski definition) is 1. The van der Waals surface area contributed by atoms with Crippen molar-refractivity contribution in [1.29, 1.82) is 0 Å². The standard InChI is InChI=1S/C6H12O2/c1-4(2)6-5(3-7)8-6/h4-7H,3H2,1-2H3/t5-,6+/m0/s1. The zero-order valence-corrected chi connectivity index (χ0v) is 5.29. The molecule has 1 aliphatic heterocycles. The van der Waals surface area contributed by atoms with Crippen LogP contribution in [-0.2, 0) is 4.74 Å². The topological polar surface area (TPSA) is 32.8 Å². The minimum Gasteiger partial charge on any atom is -0.394 e. The Balaban J connectivity index is 2.16. The van der Waals surface area contributed by atoms with Gasteiger partial charge in [-0.05, 0) is 5.92 Å². The van der Waals surface area contributed by atoms with Gasteiger partial charge >= 0.3 is 0 Å². The lowest BCUT2D eigenvalue weighted by molar-refractivity contribution is 0.240. The molecule has 0 amide bonds. The molecule has 1 aliphatic rings. The second kappa shape index (κ2) is 2.03. The van der Waals surface area contributed by atoms with E-state index in [2.05, 4.69) is 13.8 Å². The van der Waals surface area contributed by atoms with E-state index < -0.39 is 0 Å². The molecule has 48 valence electrons. The normalized spacial score (nSPS) is 36.0. The first-order valence-corrected chi connectivity index (χ1v) is 3.02. The van der Waals surface area contributed by atoms with Crippen LogP contribution >= 0.6 is 0 Å². The summed E-state index contributed by atoms with van der Waals surface area (Å²) in [6, 6.07) is 0. The number of hydrogen-bond acceptors (Lipinski definition) is 2. The summed E-state index contributed by atoms with van der Waals surface area (Å²) in [4.78, 5) is 0. The Morgan fingerprint density at radius 1 is 1.62 bits per heavy atom. The van der Waals surface area contributed by atoms with Gasteiger partial charge in [0.2, 0.25) is 0 Å². The second-order valence-electron chi connectivity index (χ2n) is 2.57. The van der Waals surface area contributed by atoms with Crippen molar-refractivity contribution < 1.29 is 9.84 Å². The molecular formula is C6H12O2. The molecule has 0 bridgehead atoms. The van der Waals surface area contributed by atoms with Crippen LogP contribution in [-0.4, -0.2) is 23.9 Å². The van der Waals surface area contributed by atoms with Crippen molar-refractivity contribution in [2.75, 3.05) is 6.61 Å². The van der Waals surface area contributed by atoms with E-state index in [9.17, 15) is 0 Å². The quantitative estimate of drug-likeness (QED) is 0.530. The molecule has 1 heterocycles. The first kappa shape index (κ1) is 6.05. The lowest BCUT2D eigenvalue weighted by Gasteiger charge is -1.93. The monoisotopic (exact) mass is 116 g/mol. The third-order valence-corrected chi connectivity index (χ3v) is 1.46. The SMILES string of the molecule is CC(C)[C@H]1O[C@H]1CO. The highest BCUT2D eigenvalue weighted by atomic mass is 16.6. The van der Waals surface area contributed by atoms with Crippen molar-refractivity contribution >= 4 is 0 Å². The number of aliphatic hydroxyl groups excluding tert-OH is 1. The fourth-order valence-electron chi connectivity index (χ4n) is 0.890. The molecule has 2 heteroatoms. The summed E-state index contributed by atoms with van der Waals surface area (Å²) in [7, 11) is 0.